The minimum Gasteiger partial charge on any atom is -0.330 e. The van der Waals surface area contributed by atoms with Gasteiger partial charge >= 0.3 is 0 Å². The standard InChI is InChI=1S/C13H30N2/c1-4-7-8-12(5-2)11-15-13(6-3)9-10-14/h12-13,15H,4-11,14H2,1-3H3. The summed E-state index contributed by atoms with van der Waals surface area (Å²) >= 11 is 0. The summed E-state index contributed by atoms with van der Waals surface area (Å²) in [6.07, 6.45) is 7.66. The highest BCUT2D eigenvalue weighted by atomic mass is 14.9. The highest BCUT2D eigenvalue weighted by Gasteiger charge is 2.09. The lowest BCUT2D eigenvalue weighted by Crippen LogP contribution is -2.34. The van der Waals surface area contributed by atoms with Gasteiger partial charge in [0.05, 0.1) is 0 Å². The van der Waals surface area contributed by atoms with Crippen molar-refractivity contribution in [1.29, 1.82) is 0 Å². The smallest absolute Gasteiger partial charge is 0.00765 e. The molecule has 2 atom stereocenters. The van der Waals surface area contributed by atoms with Crippen LogP contribution in [-0.4, -0.2) is 19.1 Å². The average molecular weight is 214 g/mol. The van der Waals surface area contributed by atoms with Crippen molar-refractivity contribution < 1.29 is 0 Å². The highest BCUT2D eigenvalue weighted by molar-refractivity contribution is 4.68. The van der Waals surface area contributed by atoms with Crippen molar-refractivity contribution in [1.82, 2.24) is 5.32 Å². The third kappa shape index (κ3) is 7.80. The van der Waals surface area contributed by atoms with E-state index >= 15 is 0 Å². The highest BCUT2D eigenvalue weighted by Crippen LogP contribution is 2.12. The van der Waals surface area contributed by atoms with Gasteiger partial charge in [-0.1, -0.05) is 40.0 Å². The van der Waals surface area contributed by atoms with Gasteiger partial charge in [-0.3, -0.25) is 0 Å². The van der Waals surface area contributed by atoms with Gasteiger partial charge in [-0.2, -0.15) is 0 Å². The lowest BCUT2D eigenvalue weighted by molar-refractivity contribution is 0.374. The van der Waals surface area contributed by atoms with Gasteiger partial charge in [0.25, 0.3) is 0 Å². The Morgan fingerprint density at radius 3 is 2.27 bits per heavy atom. The number of rotatable bonds is 10. The second-order valence-electron chi connectivity index (χ2n) is 4.51. The molecule has 0 aromatic rings. The molecule has 0 bridgehead atoms. The van der Waals surface area contributed by atoms with Gasteiger partial charge in [0, 0.05) is 6.04 Å². The van der Waals surface area contributed by atoms with Crippen LogP contribution in [0.4, 0.5) is 0 Å². The Bertz CT molecular complexity index is 126. The minimum atomic E-state index is 0.630. The first kappa shape index (κ1) is 14.9. The summed E-state index contributed by atoms with van der Waals surface area (Å²) < 4.78 is 0. The van der Waals surface area contributed by atoms with Crippen LogP contribution in [-0.2, 0) is 0 Å². The van der Waals surface area contributed by atoms with Crippen LogP contribution in [0.2, 0.25) is 0 Å². The second kappa shape index (κ2) is 10.4. The van der Waals surface area contributed by atoms with Crippen molar-refractivity contribution in [3.05, 3.63) is 0 Å². The van der Waals surface area contributed by atoms with Crippen LogP contribution in [0.15, 0.2) is 0 Å². The molecule has 0 aromatic carbocycles. The third-order valence-electron chi connectivity index (χ3n) is 3.25. The van der Waals surface area contributed by atoms with E-state index in [4.69, 9.17) is 5.73 Å². The molecule has 0 aliphatic heterocycles. The zero-order valence-electron chi connectivity index (χ0n) is 10.9. The van der Waals surface area contributed by atoms with E-state index in [2.05, 4.69) is 26.1 Å². The molecule has 2 unspecified atom stereocenters. The molecule has 0 amide bonds. The summed E-state index contributed by atoms with van der Waals surface area (Å²) in [5, 5.41) is 3.65. The Labute approximate surface area is 96.0 Å². The van der Waals surface area contributed by atoms with Crippen molar-refractivity contribution in [3.63, 3.8) is 0 Å². The number of hydrogen-bond donors (Lipinski definition) is 2. The largest absolute Gasteiger partial charge is 0.330 e. The molecule has 0 heterocycles. The summed E-state index contributed by atoms with van der Waals surface area (Å²) in [5.74, 6) is 0.858. The maximum atomic E-state index is 5.58. The zero-order chi connectivity index (χ0) is 11.5. The summed E-state index contributed by atoms with van der Waals surface area (Å²) in [6, 6.07) is 0.630. The van der Waals surface area contributed by atoms with Gasteiger partial charge in [-0.25, -0.2) is 0 Å². The van der Waals surface area contributed by atoms with Crippen LogP contribution in [0.25, 0.3) is 0 Å². The van der Waals surface area contributed by atoms with E-state index in [0.29, 0.717) is 6.04 Å². The van der Waals surface area contributed by atoms with Gasteiger partial charge in [0.1, 0.15) is 0 Å². The predicted octanol–water partition coefficient (Wildman–Crippen LogP) is 2.92. The van der Waals surface area contributed by atoms with E-state index < -0.39 is 0 Å². The first-order chi connectivity index (χ1) is 7.28. The van der Waals surface area contributed by atoms with Crippen LogP contribution < -0.4 is 11.1 Å². The lowest BCUT2D eigenvalue weighted by atomic mass is 9.98. The van der Waals surface area contributed by atoms with E-state index in [-0.39, 0.29) is 0 Å². The molecule has 0 aliphatic carbocycles. The molecule has 0 saturated heterocycles. The summed E-state index contributed by atoms with van der Waals surface area (Å²) in [4.78, 5) is 0. The molecule has 0 spiro atoms. The Kier molecular flexibility index (Phi) is 10.4. The van der Waals surface area contributed by atoms with E-state index in [1.165, 1.54) is 38.6 Å². The van der Waals surface area contributed by atoms with Crippen LogP contribution in [0.1, 0.15) is 59.3 Å². The van der Waals surface area contributed by atoms with Gasteiger partial charge in [-0.05, 0) is 38.3 Å². The van der Waals surface area contributed by atoms with Crippen molar-refractivity contribution in [3.8, 4) is 0 Å². The topological polar surface area (TPSA) is 38.0 Å². The summed E-state index contributed by atoms with van der Waals surface area (Å²) in [6.45, 7) is 8.78. The van der Waals surface area contributed by atoms with E-state index in [9.17, 15) is 0 Å². The molecule has 0 radical (unpaired) electrons. The van der Waals surface area contributed by atoms with Crippen LogP contribution in [0, 0.1) is 5.92 Å². The number of nitrogens with one attached hydrogen (secondary N) is 1. The maximum absolute atomic E-state index is 5.58. The fraction of sp³-hybridized carbons (Fsp3) is 1.00. The second-order valence-corrected chi connectivity index (χ2v) is 4.51. The fourth-order valence-electron chi connectivity index (χ4n) is 1.93. The molecule has 15 heavy (non-hydrogen) atoms. The molecular formula is C13H30N2. The molecule has 0 aromatic heterocycles. The number of hydrogen-bond acceptors (Lipinski definition) is 2. The molecule has 2 heteroatoms. The SMILES string of the molecule is CCCCC(CC)CNC(CC)CCN. The normalized spacial score (nSPS) is 15.2. The van der Waals surface area contributed by atoms with Crippen LogP contribution in [0.3, 0.4) is 0 Å². The maximum Gasteiger partial charge on any atom is 0.00765 e. The van der Waals surface area contributed by atoms with Gasteiger partial charge in [0.15, 0.2) is 0 Å². The fourth-order valence-corrected chi connectivity index (χ4v) is 1.93. The van der Waals surface area contributed by atoms with Gasteiger partial charge in [0.2, 0.25) is 0 Å². The summed E-state index contributed by atoms with van der Waals surface area (Å²) in [5.41, 5.74) is 5.58. The molecule has 2 nitrogen and oxygen atoms in total. The monoisotopic (exact) mass is 214 g/mol. The van der Waals surface area contributed by atoms with E-state index in [0.717, 1.165) is 18.9 Å². The molecule has 3 N–H and O–H groups in total. The summed E-state index contributed by atoms with van der Waals surface area (Å²) in [7, 11) is 0. The first-order valence-corrected chi connectivity index (χ1v) is 6.71. The zero-order valence-corrected chi connectivity index (χ0v) is 10.9. The molecule has 0 rings (SSSR count). The van der Waals surface area contributed by atoms with Crippen LogP contribution >= 0.6 is 0 Å². The molecule has 0 fully saturated rings. The van der Waals surface area contributed by atoms with E-state index in [1.807, 2.05) is 0 Å². The van der Waals surface area contributed by atoms with Gasteiger partial charge in [-0.15, -0.1) is 0 Å². The molecule has 0 saturated carbocycles. The first-order valence-electron chi connectivity index (χ1n) is 6.71. The Hall–Kier alpha value is -0.0800. The molecular weight excluding hydrogens is 184 g/mol. The Morgan fingerprint density at radius 1 is 1.07 bits per heavy atom. The molecule has 92 valence electrons. The quantitative estimate of drug-likeness (QED) is 0.587. The van der Waals surface area contributed by atoms with Crippen molar-refractivity contribution in [2.24, 2.45) is 11.7 Å². The van der Waals surface area contributed by atoms with Crippen molar-refractivity contribution >= 4 is 0 Å². The molecule has 0 aliphatic rings. The predicted molar refractivity (Wildman–Crippen MR) is 69.1 cm³/mol. The minimum absolute atomic E-state index is 0.630. The Morgan fingerprint density at radius 2 is 1.80 bits per heavy atom. The van der Waals surface area contributed by atoms with Crippen molar-refractivity contribution in [2.45, 2.75) is 65.3 Å². The van der Waals surface area contributed by atoms with Crippen LogP contribution in [0.5, 0.6) is 0 Å². The average Bonchev–Trinajstić information content (AvgIpc) is 2.27. The lowest BCUT2D eigenvalue weighted by Gasteiger charge is -2.21. The van der Waals surface area contributed by atoms with Crippen molar-refractivity contribution in [2.75, 3.05) is 13.1 Å². The Balaban J connectivity index is 3.66. The van der Waals surface area contributed by atoms with E-state index in [1.54, 1.807) is 0 Å². The third-order valence-corrected chi connectivity index (χ3v) is 3.25. The number of nitrogens with two attached hydrogens (primary N) is 1. The number of unbranched alkanes of at least 4 members (excludes halogenated alkanes) is 1. The van der Waals surface area contributed by atoms with Gasteiger partial charge < -0.3 is 11.1 Å².